The van der Waals surface area contributed by atoms with E-state index >= 15 is 0 Å². The standard InChI is InChI=1S/C22H23N3O6/c1-24(22(29)31-15-17-10-6-3-7-11-17)25-19(26)13-12-18(20(25)27)23-21(28)30-14-16-8-4-2-5-9-16/h2-11,18H,12-15H2,1H3,(H,23,28)/t18-/m1/s1. The molecule has 1 saturated heterocycles. The van der Waals surface area contributed by atoms with Crippen molar-refractivity contribution >= 4 is 24.0 Å². The van der Waals surface area contributed by atoms with Gasteiger partial charge in [0, 0.05) is 13.5 Å². The van der Waals surface area contributed by atoms with Crippen molar-refractivity contribution in [3.8, 4) is 0 Å². The Morgan fingerprint density at radius 3 is 2.10 bits per heavy atom. The van der Waals surface area contributed by atoms with Gasteiger partial charge < -0.3 is 14.8 Å². The molecule has 0 radical (unpaired) electrons. The first kappa shape index (κ1) is 21.8. The van der Waals surface area contributed by atoms with Gasteiger partial charge in [0.15, 0.2) is 0 Å². The highest BCUT2D eigenvalue weighted by atomic mass is 16.6. The first-order valence-electron chi connectivity index (χ1n) is 9.74. The van der Waals surface area contributed by atoms with Crippen LogP contribution < -0.4 is 5.32 Å². The van der Waals surface area contributed by atoms with Gasteiger partial charge in [-0.05, 0) is 17.5 Å². The van der Waals surface area contributed by atoms with E-state index in [4.69, 9.17) is 9.47 Å². The van der Waals surface area contributed by atoms with Crippen LogP contribution in [0.15, 0.2) is 60.7 Å². The molecule has 3 rings (SSSR count). The van der Waals surface area contributed by atoms with E-state index in [1.165, 1.54) is 7.05 Å². The Balaban J connectivity index is 1.55. The summed E-state index contributed by atoms with van der Waals surface area (Å²) in [5, 5.41) is 3.97. The molecule has 0 bridgehead atoms. The molecule has 4 amide bonds. The molecule has 1 N–H and O–H groups in total. The van der Waals surface area contributed by atoms with Gasteiger partial charge in [-0.2, -0.15) is 5.01 Å². The molecule has 1 aliphatic heterocycles. The lowest BCUT2D eigenvalue weighted by molar-refractivity contribution is -0.165. The van der Waals surface area contributed by atoms with Gasteiger partial charge >= 0.3 is 12.2 Å². The third-order valence-electron chi connectivity index (χ3n) is 4.66. The van der Waals surface area contributed by atoms with E-state index < -0.39 is 30.0 Å². The molecule has 9 heteroatoms. The number of nitrogens with zero attached hydrogens (tertiary/aromatic N) is 2. The number of hydrogen-bond acceptors (Lipinski definition) is 6. The summed E-state index contributed by atoms with van der Waals surface area (Å²) in [6, 6.07) is 17.1. The Bertz CT molecular complexity index is 935. The number of rotatable bonds is 6. The first-order valence-corrected chi connectivity index (χ1v) is 9.74. The summed E-state index contributed by atoms with van der Waals surface area (Å²) in [6.07, 6.45) is -1.56. The number of benzene rings is 2. The Morgan fingerprint density at radius 1 is 0.968 bits per heavy atom. The molecule has 1 aliphatic rings. The Morgan fingerprint density at radius 2 is 1.52 bits per heavy atom. The fraction of sp³-hybridized carbons (Fsp3) is 0.273. The van der Waals surface area contributed by atoms with Crippen LogP contribution in [0.4, 0.5) is 9.59 Å². The molecule has 1 fully saturated rings. The summed E-state index contributed by atoms with van der Waals surface area (Å²) in [4.78, 5) is 49.5. The van der Waals surface area contributed by atoms with Gasteiger partial charge in [-0.15, -0.1) is 0 Å². The second-order valence-electron chi connectivity index (χ2n) is 6.90. The molecule has 2 aromatic rings. The molecule has 1 atom stereocenters. The highest BCUT2D eigenvalue weighted by Crippen LogP contribution is 2.16. The molecule has 0 unspecified atom stereocenters. The van der Waals surface area contributed by atoms with Crippen molar-refractivity contribution in [2.24, 2.45) is 0 Å². The van der Waals surface area contributed by atoms with Crippen molar-refractivity contribution in [2.45, 2.75) is 32.1 Å². The quantitative estimate of drug-likeness (QED) is 0.714. The number of hydrazine groups is 1. The van der Waals surface area contributed by atoms with Crippen LogP contribution in [0.5, 0.6) is 0 Å². The van der Waals surface area contributed by atoms with E-state index in [0.717, 1.165) is 16.1 Å². The normalized spacial score (nSPS) is 15.9. The number of amides is 4. The molecular weight excluding hydrogens is 402 g/mol. The Labute approximate surface area is 179 Å². The maximum Gasteiger partial charge on any atom is 0.429 e. The molecule has 2 aromatic carbocycles. The number of alkyl carbamates (subject to hydrolysis) is 1. The lowest BCUT2D eigenvalue weighted by atomic mass is 10.1. The summed E-state index contributed by atoms with van der Waals surface area (Å²) >= 11 is 0. The number of piperidine rings is 1. The second-order valence-corrected chi connectivity index (χ2v) is 6.90. The molecule has 1 heterocycles. The summed E-state index contributed by atoms with van der Waals surface area (Å²) < 4.78 is 10.3. The van der Waals surface area contributed by atoms with E-state index in [-0.39, 0.29) is 26.1 Å². The van der Waals surface area contributed by atoms with Crippen LogP contribution >= 0.6 is 0 Å². The SMILES string of the molecule is CN(C(=O)OCc1ccccc1)N1C(=O)CC[C@@H](NC(=O)OCc2ccccc2)C1=O. The topological polar surface area (TPSA) is 105 Å². The van der Waals surface area contributed by atoms with Gasteiger partial charge in [-0.25, -0.2) is 14.6 Å². The average molecular weight is 425 g/mol. The average Bonchev–Trinajstić information content (AvgIpc) is 2.79. The van der Waals surface area contributed by atoms with Crippen molar-refractivity contribution in [1.29, 1.82) is 0 Å². The summed E-state index contributed by atoms with van der Waals surface area (Å²) in [6.45, 7) is 0.0374. The summed E-state index contributed by atoms with van der Waals surface area (Å²) in [7, 11) is 1.26. The number of ether oxygens (including phenoxy) is 2. The summed E-state index contributed by atoms with van der Waals surface area (Å²) in [5.74, 6) is -1.29. The van der Waals surface area contributed by atoms with Crippen LogP contribution in [-0.4, -0.2) is 47.1 Å². The van der Waals surface area contributed by atoms with E-state index in [2.05, 4.69) is 5.32 Å². The van der Waals surface area contributed by atoms with Crippen LogP contribution in [0.2, 0.25) is 0 Å². The van der Waals surface area contributed by atoms with Crippen molar-refractivity contribution in [3.05, 3.63) is 71.8 Å². The van der Waals surface area contributed by atoms with Crippen molar-refractivity contribution in [1.82, 2.24) is 15.3 Å². The number of nitrogens with one attached hydrogen (secondary N) is 1. The minimum atomic E-state index is -0.995. The zero-order valence-electron chi connectivity index (χ0n) is 17.0. The zero-order valence-corrected chi connectivity index (χ0v) is 17.0. The second kappa shape index (κ2) is 10.2. The smallest absolute Gasteiger partial charge is 0.429 e. The van der Waals surface area contributed by atoms with Crippen LogP contribution in [-0.2, 0) is 32.3 Å². The fourth-order valence-corrected chi connectivity index (χ4v) is 3.02. The highest BCUT2D eigenvalue weighted by molar-refractivity contribution is 6.02. The predicted octanol–water partition coefficient (Wildman–Crippen LogP) is 2.61. The number of carbonyl (C=O) groups is 4. The van der Waals surface area contributed by atoms with E-state index in [9.17, 15) is 19.2 Å². The monoisotopic (exact) mass is 425 g/mol. The van der Waals surface area contributed by atoms with Gasteiger partial charge in [0.25, 0.3) is 5.91 Å². The largest absolute Gasteiger partial charge is 0.445 e. The minimum Gasteiger partial charge on any atom is -0.445 e. The van der Waals surface area contributed by atoms with Gasteiger partial charge in [0.05, 0.1) is 0 Å². The number of hydrogen-bond donors (Lipinski definition) is 1. The van der Waals surface area contributed by atoms with E-state index in [0.29, 0.717) is 5.01 Å². The zero-order chi connectivity index (χ0) is 22.2. The van der Waals surface area contributed by atoms with Crippen molar-refractivity contribution in [2.75, 3.05) is 7.05 Å². The maximum absolute atomic E-state index is 12.8. The molecule has 9 nitrogen and oxygen atoms in total. The number of imide groups is 1. The van der Waals surface area contributed by atoms with Crippen LogP contribution in [0.1, 0.15) is 24.0 Å². The van der Waals surface area contributed by atoms with Gasteiger partial charge in [0.1, 0.15) is 19.3 Å². The maximum atomic E-state index is 12.8. The van der Waals surface area contributed by atoms with Gasteiger partial charge in [-0.1, -0.05) is 60.7 Å². The van der Waals surface area contributed by atoms with E-state index in [1.54, 1.807) is 36.4 Å². The third-order valence-corrected chi connectivity index (χ3v) is 4.66. The fourth-order valence-electron chi connectivity index (χ4n) is 3.02. The predicted molar refractivity (Wildman–Crippen MR) is 109 cm³/mol. The lowest BCUT2D eigenvalue weighted by Gasteiger charge is -2.35. The Kier molecular flexibility index (Phi) is 7.21. The molecular formula is C22H23N3O6. The summed E-state index contributed by atoms with van der Waals surface area (Å²) in [5.41, 5.74) is 1.56. The minimum absolute atomic E-state index is 0.00623. The van der Waals surface area contributed by atoms with Crippen LogP contribution in [0.25, 0.3) is 0 Å². The van der Waals surface area contributed by atoms with Gasteiger partial charge in [-0.3, -0.25) is 9.59 Å². The molecule has 162 valence electrons. The van der Waals surface area contributed by atoms with Crippen LogP contribution in [0.3, 0.4) is 0 Å². The van der Waals surface area contributed by atoms with Crippen LogP contribution in [0, 0.1) is 0 Å². The molecule has 0 spiro atoms. The third kappa shape index (κ3) is 5.81. The van der Waals surface area contributed by atoms with E-state index in [1.807, 2.05) is 24.3 Å². The lowest BCUT2D eigenvalue weighted by Crippen LogP contribution is -2.60. The van der Waals surface area contributed by atoms with Gasteiger partial charge in [0.2, 0.25) is 5.91 Å². The Hall–Kier alpha value is -3.88. The molecule has 0 aromatic heterocycles. The number of carbonyl (C=O) groups excluding carboxylic acids is 4. The molecule has 0 aliphatic carbocycles. The highest BCUT2D eigenvalue weighted by Gasteiger charge is 2.40. The molecule has 31 heavy (non-hydrogen) atoms. The van der Waals surface area contributed by atoms with Crippen molar-refractivity contribution in [3.63, 3.8) is 0 Å². The first-order chi connectivity index (χ1) is 15.0. The van der Waals surface area contributed by atoms with Crippen molar-refractivity contribution < 1.29 is 28.7 Å². The molecule has 0 saturated carbocycles.